The largest absolute Gasteiger partial charge is 0.402 e. The van der Waals surface area contributed by atoms with Gasteiger partial charge in [-0.15, -0.1) is 0 Å². The second-order valence-corrected chi connectivity index (χ2v) is 2.35. The number of allylic oxidation sites excluding steroid dienone is 4. The minimum atomic E-state index is 1.06. The molecule has 1 aliphatic rings. The molecule has 1 rings (SSSR count). The molecule has 0 amide bonds. The van der Waals surface area contributed by atoms with Crippen LogP contribution in [-0.4, -0.2) is 0 Å². The average molecular weight is 123 g/mol. The summed E-state index contributed by atoms with van der Waals surface area (Å²) in [5, 5.41) is 0. The van der Waals surface area contributed by atoms with Crippen LogP contribution in [0.4, 0.5) is 0 Å². The minimum Gasteiger partial charge on any atom is -0.402 e. The van der Waals surface area contributed by atoms with E-state index in [1.165, 1.54) is 5.57 Å². The first kappa shape index (κ1) is 6.40. The molecule has 0 aliphatic heterocycles. The molecule has 0 spiro atoms. The molecule has 9 heavy (non-hydrogen) atoms. The van der Waals surface area contributed by atoms with Crippen LogP contribution in [0, 0.1) is 0 Å². The summed E-state index contributed by atoms with van der Waals surface area (Å²) >= 11 is 0. The molecule has 1 nitrogen and oxygen atoms in total. The van der Waals surface area contributed by atoms with Gasteiger partial charge in [0.2, 0.25) is 0 Å². The Morgan fingerprint density at radius 1 is 1.67 bits per heavy atom. The molecule has 0 aromatic carbocycles. The normalized spacial score (nSPS) is 18.8. The van der Waals surface area contributed by atoms with Crippen LogP contribution >= 0.6 is 0 Å². The fourth-order valence-corrected chi connectivity index (χ4v) is 1.08. The van der Waals surface area contributed by atoms with Crippen molar-refractivity contribution in [1.29, 1.82) is 0 Å². The predicted molar refractivity (Wildman–Crippen MR) is 39.9 cm³/mol. The lowest BCUT2D eigenvalue weighted by molar-refractivity contribution is 0.897. The molecule has 50 valence electrons. The molecule has 1 aliphatic carbocycles. The highest BCUT2D eigenvalue weighted by Crippen LogP contribution is 2.16. The van der Waals surface area contributed by atoms with Crippen molar-refractivity contribution in [2.45, 2.75) is 26.2 Å². The molecule has 0 radical (unpaired) electrons. The van der Waals surface area contributed by atoms with Gasteiger partial charge in [-0.1, -0.05) is 19.1 Å². The van der Waals surface area contributed by atoms with Gasteiger partial charge in [0, 0.05) is 5.70 Å². The van der Waals surface area contributed by atoms with Gasteiger partial charge in [-0.2, -0.15) is 0 Å². The SMILES string of the molecule is CCC1=C(N)CCC=C1. The summed E-state index contributed by atoms with van der Waals surface area (Å²) < 4.78 is 0. The van der Waals surface area contributed by atoms with Gasteiger partial charge in [0.15, 0.2) is 0 Å². The van der Waals surface area contributed by atoms with E-state index in [-0.39, 0.29) is 0 Å². The van der Waals surface area contributed by atoms with E-state index < -0.39 is 0 Å². The fraction of sp³-hybridized carbons (Fsp3) is 0.500. The lowest BCUT2D eigenvalue weighted by Crippen LogP contribution is -2.03. The quantitative estimate of drug-likeness (QED) is 0.566. The topological polar surface area (TPSA) is 26.0 Å². The summed E-state index contributed by atoms with van der Waals surface area (Å²) in [6, 6.07) is 0. The van der Waals surface area contributed by atoms with Crippen molar-refractivity contribution in [1.82, 2.24) is 0 Å². The third-order valence-corrected chi connectivity index (χ3v) is 1.69. The Bertz CT molecular complexity index is 154. The molecule has 2 N–H and O–H groups in total. The second kappa shape index (κ2) is 2.72. The summed E-state index contributed by atoms with van der Waals surface area (Å²) in [4.78, 5) is 0. The van der Waals surface area contributed by atoms with Crippen molar-refractivity contribution in [3.05, 3.63) is 23.4 Å². The Balaban J connectivity index is 2.72. The van der Waals surface area contributed by atoms with Gasteiger partial charge in [-0.25, -0.2) is 0 Å². The summed E-state index contributed by atoms with van der Waals surface area (Å²) in [6.45, 7) is 2.14. The van der Waals surface area contributed by atoms with E-state index in [9.17, 15) is 0 Å². The van der Waals surface area contributed by atoms with Gasteiger partial charge in [-0.3, -0.25) is 0 Å². The maximum Gasteiger partial charge on any atom is 0.0116 e. The minimum absolute atomic E-state index is 1.06. The van der Waals surface area contributed by atoms with Crippen molar-refractivity contribution >= 4 is 0 Å². The van der Waals surface area contributed by atoms with Crippen molar-refractivity contribution in [3.63, 3.8) is 0 Å². The molecule has 0 saturated heterocycles. The summed E-state index contributed by atoms with van der Waals surface area (Å²) in [5.41, 5.74) is 8.12. The Morgan fingerprint density at radius 2 is 2.44 bits per heavy atom. The van der Waals surface area contributed by atoms with Gasteiger partial charge in [0.05, 0.1) is 0 Å². The van der Waals surface area contributed by atoms with Crippen LogP contribution in [0.5, 0.6) is 0 Å². The standard InChI is InChI=1S/C8H13N/c1-2-7-5-3-4-6-8(7)9/h3,5H,2,4,6,9H2,1H3. The van der Waals surface area contributed by atoms with Crippen molar-refractivity contribution in [3.8, 4) is 0 Å². The fourth-order valence-electron chi connectivity index (χ4n) is 1.08. The number of rotatable bonds is 1. The highest BCUT2D eigenvalue weighted by Gasteiger charge is 2.00. The zero-order valence-corrected chi connectivity index (χ0v) is 5.85. The van der Waals surface area contributed by atoms with Crippen LogP contribution in [0.15, 0.2) is 23.4 Å². The van der Waals surface area contributed by atoms with E-state index in [1.54, 1.807) is 0 Å². The molecule has 0 saturated carbocycles. The van der Waals surface area contributed by atoms with Gasteiger partial charge < -0.3 is 5.73 Å². The number of hydrogen-bond acceptors (Lipinski definition) is 1. The van der Waals surface area contributed by atoms with Gasteiger partial charge in [-0.05, 0) is 24.8 Å². The third-order valence-electron chi connectivity index (χ3n) is 1.69. The lowest BCUT2D eigenvalue weighted by Gasteiger charge is -2.08. The predicted octanol–water partition coefficient (Wildman–Crippen LogP) is 1.96. The molecule has 0 fully saturated rings. The maximum atomic E-state index is 5.72. The van der Waals surface area contributed by atoms with Crippen molar-refractivity contribution < 1.29 is 0 Å². The van der Waals surface area contributed by atoms with Crippen molar-refractivity contribution in [2.24, 2.45) is 5.73 Å². The first-order valence-electron chi connectivity index (χ1n) is 3.48. The highest BCUT2D eigenvalue weighted by atomic mass is 14.6. The van der Waals surface area contributed by atoms with Crippen LogP contribution < -0.4 is 5.73 Å². The Morgan fingerprint density at radius 3 is 2.89 bits per heavy atom. The van der Waals surface area contributed by atoms with Crippen LogP contribution in [0.1, 0.15) is 26.2 Å². The van der Waals surface area contributed by atoms with E-state index in [0.29, 0.717) is 0 Å². The number of hydrogen-bond donors (Lipinski definition) is 1. The van der Waals surface area contributed by atoms with E-state index >= 15 is 0 Å². The van der Waals surface area contributed by atoms with E-state index in [1.807, 2.05) is 0 Å². The summed E-state index contributed by atoms with van der Waals surface area (Å²) in [7, 11) is 0. The Kier molecular flexibility index (Phi) is 1.93. The van der Waals surface area contributed by atoms with Crippen LogP contribution in [-0.2, 0) is 0 Å². The molecule has 0 aromatic heterocycles. The van der Waals surface area contributed by atoms with Crippen molar-refractivity contribution in [2.75, 3.05) is 0 Å². The number of nitrogens with two attached hydrogens (primary N) is 1. The first-order valence-corrected chi connectivity index (χ1v) is 3.48. The van der Waals surface area contributed by atoms with Gasteiger partial charge >= 0.3 is 0 Å². The molecule has 0 aromatic rings. The lowest BCUT2D eigenvalue weighted by atomic mass is 10.0. The Hall–Kier alpha value is -0.720. The first-order chi connectivity index (χ1) is 4.34. The zero-order chi connectivity index (χ0) is 6.69. The van der Waals surface area contributed by atoms with Gasteiger partial charge in [0.25, 0.3) is 0 Å². The smallest absolute Gasteiger partial charge is 0.0116 e. The highest BCUT2D eigenvalue weighted by molar-refractivity contribution is 5.26. The summed E-state index contributed by atoms with van der Waals surface area (Å²) in [6.07, 6.45) is 7.57. The van der Waals surface area contributed by atoms with Crippen LogP contribution in [0.3, 0.4) is 0 Å². The Labute approximate surface area is 56.2 Å². The molecule has 0 atom stereocenters. The van der Waals surface area contributed by atoms with Gasteiger partial charge in [0.1, 0.15) is 0 Å². The van der Waals surface area contributed by atoms with E-state index in [0.717, 1.165) is 25.0 Å². The molecule has 0 heterocycles. The molecule has 1 heteroatoms. The summed E-state index contributed by atoms with van der Waals surface area (Å²) in [5.74, 6) is 0. The zero-order valence-electron chi connectivity index (χ0n) is 5.85. The third kappa shape index (κ3) is 1.35. The molecular formula is C8H13N. The second-order valence-electron chi connectivity index (χ2n) is 2.35. The van der Waals surface area contributed by atoms with Crippen LogP contribution in [0.2, 0.25) is 0 Å². The van der Waals surface area contributed by atoms with E-state index in [2.05, 4.69) is 19.1 Å². The molecule has 0 unspecified atom stereocenters. The average Bonchev–Trinajstić information content (AvgIpc) is 1.89. The van der Waals surface area contributed by atoms with E-state index in [4.69, 9.17) is 5.73 Å². The maximum absolute atomic E-state index is 5.72. The molecular weight excluding hydrogens is 110 g/mol. The van der Waals surface area contributed by atoms with Crippen LogP contribution in [0.25, 0.3) is 0 Å². The monoisotopic (exact) mass is 123 g/mol. The molecule has 0 bridgehead atoms.